The van der Waals surface area contributed by atoms with Crippen molar-refractivity contribution in [3.8, 4) is 11.4 Å². The second-order valence-electron chi connectivity index (χ2n) is 6.64. The summed E-state index contributed by atoms with van der Waals surface area (Å²) < 4.78 is 7.29. The molecular formula is C22H23N3O3. The molecule has 0 saturated heterocycles. The van der Waals surface area contributed by atoms with Crippen LogP contribution < -0.4 is 10.2 Å². The predicted octanol–water partition coefficient (Wildman–Crippen LogP) is 3.00. The fourth-order valence-corrected chi connectivity index (χ4v) is 2.81. The number of rotatable bonds is 6. The van der Waals surface area contributed by atoms with E-state index in [-0.39, 0.29) is 11.1 Å². The highest BCUT2D eigenvalue weighted by atomic mass is 16.5. The summed E-state index contributed by atoms with van der Waals surface area (Å²) in [6.45, 7) is 4.44. The molecule has 3 aromatic rings. The van der Waals surface area contributed by atoms with Gasteiger partial charge >= 0.3 is 0 Å². The molecule has 1 heterocycles. The molecule has 1 amide bonds. The Morgan fingerprint density at radius 2 is 1.82 bits per heavy atom. The maximum Gasteiger partial charge on any atom is 0.278 e. The van der Waals surface area contributed by atoms with Gasteiger partial charge in [-0.3, -0.25) is 9.59 Å². The summed E-state index contributed by atoms with van der Waals surface area (Å²) >= 11 is 0. The number of benzene rings is 2. The number of ether oxygens (including phenoxy) is 1. The van der Waals surface area contributed by atoms with Crippen molar-refractivity contribution in [3.05, 3.63) is 87.8 Å². The van der Waals surface area contributed by atoms with Gasteiger partial charge in [-0.15, -0.1) is 0 Å². The summed E-state index contributed by atoms with van der Waals surface area (Å²) in [5, 5.41) is 4.31. The number of aryl methyl sites for hydroxylation is 2. The fraction of sp³-hybridized carbons (Fsp3) is 0.227. The molecule has 0 aliphatic rings. The molecule has 0 aliphatic heterocycles. The number of nitrogens with zero attached hydrogens (tertiary/aromatic N) is 3. The third kappa shape index (κ3) is 4.46. The summed E-state index contributed by atoms with van der Waals surface area (Å²) in [5.74, 6) is 0.322. The topological polar surface area (TPSA) is 64.4 Å². The van der Waals surface area contributed by atoms with Crippen LogP contribution >= 0.6 is 0 Å². The molecule has 1 aromatic heterocycles. The van der Waals surface area contributed by atoms with Crippen molar-refractivity contribution in [1.29, 1.82) is 0 Å². The van der Waals surface area contributed by atoms with Gasteiger partial charge in [0.1, 0.15) is 12.4 Å². The van der Waals surface area contributed by atoms with Gasteiger partial charge in [0.25, 0.3) is 5.91 Å². The van der Waals surface area contributed by atoms with E-state index in [2.05, 4.69) is 5.10 Å². The molecule has 6 heteroatoms. The lowest BCUT2D eigenvalue weighted by molar-refractivity contribution is 0.0764. The maximum atomic E-state index is 12.8. The van der Waals surface area contributed by atoms with Crippen molar-refractivity contribution in [2.45, 2.75) is 13.8 Å². The van der Waals surface area contributed by atoms with E-state index in [1.54, 1.807) is 18.7 Å². The Labute approximate surface area is 164 Å². The Kier molecular flexibility index (Phi) is 5.89. The molecular weight excluding hydrogens is 354 g/mol. The van der Waals surface area contributed by atoms with Crippen molar-refractivity contribution < 1.29 is 9.53 Å². The van der Waals surface area contributed by atoms with E-state index < -0.39 is 5.91 Å². The highest BCUT2D eigenvalue weighted by Gasteiger charge is 2.19. The first-order chi connectivity index (χ1) is 13.5. The van der Waals surface area contributed by atoms with Crippen LogP contribution in [0.25, 0.3) is 5.69 Å². The highest BCUT2D eigenvalue weighted by molar-refractivity contribution is 5.91. The minimum Gasteiger partial charge on any atom is -0.492 e. The van der Waals surface area contributed by atoms with Crippen molar-refractivity contribution >= 4 is 5.91 Å². The molecule has 0 saturated carbocycles. The van der Waals surface area contributed by atoms with E-state index in [1.807, 2.05) is 61.5 Å². The zero-order chi connectivity index (χ0) is 20.1. The first-order valence-electron chi connectivity index (χ1n) is 9.07. The predicted molar refractivity (Wildman–Crippen MR) is 108 cm³/mol. The van der Waals surface area contributed by atoms with Gasteiger partial charge in [-0.2, -0.15) is 5.10 Å². The molecule has 0 fully saturated rings. The van der Waals surface area contributed by atoms with Gasteiger partial charge in [0, 0.05) is 18.8 Å². The van der Waals surface area contributed by atoms with Gasteiger partial charge < -0.3 is 9.64 Å². The van der Waals surface area contributed by atoms with Crippen LogP contribution in [0.3, 0.4) is 0 Å². The SMILES string of the molecule is Cc1cccc(OCCN(C)C(=O)c2nn(-c3ccccc3)c(C)cc2=O)c1. The van der Waals surface area contributed by atoms with Crippen LogP contribution in [-0.4, -0.2) is 40.8 Å². The van der Waals surface area contributed by atoms with Crippen molar-refractivity contribution in [2.75, 3.05) is 20.2 Å². The molecule has 0 aliphatic carbocycles. The van der Waals surface area contributed by atoms with Crippen LogP contribution in [0.2, 0.25) is 0 Å². The zero-order valence-corrected chi connectivity index (χ0v) is 16.3. The molecule has 3 rings (SSSR count). The Bertz CT molecular complexity index is 1030. The molecule has 144 valence electrons. The number of carbonyl (C=O) groups excluding carboxylic acids is 1. The van der Waals surface area contributed by atoms with Crippen LogP contribution in [0.5, 0.6) is 5.75 Å². The van der Waals surface area contributed by atoms with Crippen LogP contribution in [0.4, 0.5) is 0 Å². The minimum atomic E-state index is -0.428. The lowest BCUT2D eigenvalue weighted by Gasteiger charge is -2.18. The van der Waals surface area contributed by atoms with Crippen molar-refractivity contribution in [2.24, 2.45) is 0 Å². The summed E-state index contributed by atoms with van der Waals surface area (Å²) in [4.78, 5) is 26.5. The van der Waals surface area contributed by atoms with Crippen molar-refractivity contribution in [3.63, 3.8) is 0 Å². The van der Waals surface area contributed by atoms with Crippen LogP contribution in [0.15, 0.2) is 65.5 Å². The first kappa shape index (κ1) is 19.4. The Hall–Kier alpha value is -3.41. The third-order valence-electron chi connectivity index (χ3n) is 4.34. The van der Waals surface area contributed by atoms with Gasteiger partial charge in [-0.05, 0) is 43.7 Å². The van der Waals surface area contributed by atoms with E-state index in [0.717, 1.165) is 17.0 Å². The lowest BCUT2D eigenvalue weighted by atomic mass is 10.2. The minimum absolute atomic E-state index is 0.104. The molecule has 28 heavy (non-hydrogen) atoms. The van der Waals surface area contributed by atoms with Gasteiger partial charge in [0.15, 0.2) is 5.69 Å². The van der Waals surface area contributed by atoms with Gasteiger partial charge in [-0.1, -0.05) is 30.3 Å². The number of para-hydroxylation sites is 1. The average Bonchev–Trinajstić information content (AvgIpc) is 2.68. The summed E-state index contributed by atoms with van der Waals surface area (Å²) in [7, 11) is 1.63. The largest absolute Gasteiger partial charge is 0.492 e. The molecule has 0 unspecified atom stereocenters. The van der Waals surface area contributed by atoms with Crippen LogP contribution in [0, 0.1) is 13.8 Å². The van der Waals surface area contributed by atoms with E-state index in [1.165, 1.54) is 11.0 Å². The number of hydrogen-bond acceptors (Lipinski definition) is 4. The quantitative estimate of drug-likeness (QED) is 0.662. The third-order valence-corrected chi connectivity index (χ3v) is 4.34. The second kappa shape index (κ2) is 8.52. The van der Waals surface area contributed by atoms with Gasteiger partial charge in [0.2, 0.25) is 5.43 Å². The molecule has 2 aromatic carbocycles. The van der Waals surface area contributed by atoms with E-state index in [4.69, 9.17) is 4.74 Å². The molecule has 0 N–H and O–H groups in total. The van der Waals surface area contributed by atoms with E-state index in [9.17, 15) is 9.59 Å². The first-order valence-corrected chi connectivity index (χ1v) is 9.07. The number of aromatic nitrogens is 2. The van der Waals surface area contributed by atoms with Crippen LogP contribution in [-0.2, 0) is 0 Å². The summed E-state index contributed by atoms with van der Waals surface area (Å²) in [5.41, 5.74) is 2.07. The summed E-state index contributed by atoms with van der Waals surface area (Å²) in [6.07, 6.45) is 0. The number of carbonyl (C=O) groups is 1. The highest BCUT2D eigenvalue weighted by Crippen LogP contribution is 2.12. The van der Waals surface area contributed by atoms with Gasteiger partial charge in [-0.25, -0.2) is 4.68 Å². The number of amides is 1. The molecule has 0 spiro atoms. The lowest BCUT2D eigenvalue weighted by Crippen LogP contribution is -2.36. The normalized spacial score (nSPS) is 10.5. The standard InChI is InChI=1S/C22H23N3O3/c1-16-8-7-11-19(14-16)28-13-12-24(3)22(27)21-20(26)15-17(2)25(23-21)18-9-5-4-6-10-18/h4-11,14-15H,12-13H2,1-3H3. The van der Waals surface area contributed by atoms with E-state index >= 15 is 0 Å². The molecule has 0 radical (unpaired) electrons. The van der Waals surface area contributed by atoms with Crippen molar-refractivity contribution in [1.82, 2.24) is 14.7 Å². The molecule has 0 bridgehead atoms. The summed E-state index contributed by atoms with van der Waals surface area (Å²) in [6, 6.07) is 18.5. The Morgan fingerprint density at radius 3 is 2.54 bits per heavy atom. The molecule has 0 atom stereocenters. The maximum absolute atomic E-state index is 12.8. The second-order valence-corrected chi connectivity index (χ2v) is 6.64. The zero-order valence-electron chi connectivity index (χ0n) is 16.3. The number of hydrogen-bond donors (Lipinski definition) is 0. The average molecular weight is 377 g/mol. The Morgan fingerprint density at radius 1 is 1.07 bits per heavy atom. The monoisotopic (exact) mass is 377 g/mol. The number of likely N-dealkylation sites (N-methyl/N-ethyl adjacent to an activating group) is 1. The van der Waals surface area contributed by atoms with Gasteiger partial charge in [0.05, 0.1) is 12.2 Å². The fourth-order valence-electron chi connectivity index (χ4n) is 2.81. The van der Waals surface area contributed by atoms with Crippen LogP contribution in [0.1, 0.15) is 21.7 Å². The Balaban J connectivity index is 1.73. The molecule has 6 nitrogen and oxygen atoms in total. The smallest absolute Gasteiger partial charge is 0.278 e. The van der Waals surface area contributed by atoms with E-state index in [0.29, 0.717) is 18.8 Å².